The van der Waals surface area contributed by atoms with Crippen LogP contribution >= 0.6 is 7.26 Å². The van der Waals surface area contributed by atoms with Crippen molar-refractivity contribution in [1.29, 1.82) is 0 Å². The predicted molar refractivity (Wildman–Crippen MR) is 170 cm³/mol. The lowest BCUT2D eigenvalue weighted by Crippen LogP contribution is -3.00. The first-order valence-electron chi connectivity index (χ1n) is 14.2. The second kappa shape index (κ2) is 16.1. The Morgan fingerprint density at radius 2 is 1.21 bits per heavy atom. The predicted octanol–water partition coefficient (Wildman–Crippen LogP) is 5.76. The van der Waals surface area contributed by atoms with E-state index in [1.165, 1.54) is 41.6 Å². The number of hydrogen-bond donors (Lipinski definition) is 0. The van der Waals surface area contributed by atoms with E-state index in [9.17, 15) is 0 Å². The molecule has 0 aromatic heterocycles. The molecule has 0 heterocycles. The molecule has 0 N–H and O–H groups in total. The van der Waals surface area contributed by atoms with Crippen LogP contribution in [0.2, 0.25) is 19.6 Å². The molecule has 0 aliphatic heterocycles. The summed E-state index contributed by atoms with van der Waals surface area (Å²) in [6, 6.07) is 34.3. The Labute approximate surface area is 252 Å². The minimum atomic E-state index is -2.02. The maximum atomic E-state index is 7.01. The number of halogens is 1. The maximum Gasteiger partial charge on any atom is 0.184 e. The molecule has 3 aromatic rings. The molecule has 3 aromatic carbocycles. The highest BCUT2D eigenvalue weighted by molar-refractivity contribution is 7.96. The Balaban J connectivity index is 0.00000507. The molecule has 3 unspecified atom stereocenters. The molecule has 0 aliphatic rings. The van der Waals surface area contributed by atoms with E-state index in [4.69, 9.17) is 4.43 Å². The third-order valence-electron chi connectivity index (χ3n) is 7.44. The first-order chi connectivity index (χ1) is 17.9. The monoisotopic (exact) mass is 658 g/mol. The molecule has 0 aliphatic carbocycles. The van der Waals surface area contributed by atoms with Crippen LogP contribution in [0.5, 0.6) is 0 Å². The molecule has 206 valence electrons. The molecule has 3 rings (SSSR count). The van der Waals surface area contributed by atoms with Crippen LogP contribution < -0.4 is 39.9 Å². The molecule has 3 atom stereocenters. The SMILES string of the molecule is C=CCC(O[Si](C)(C)C)C(CC)C(CCCCC)[P+](c1ccccc1)(c1ccccc1)c1ccccc1.[I-]. The van der Waals surface area contributed by atoms with Gasteiger partial charge >= 0.3 is 0 Å². The largest absolute Gasteiger partial charge is 1.00 e. The highest BCUT2D eigenvalue weighted by atomic mass is 127. The fraction of sp³-hybridized carbons (Fsp3) is 0.412. The summed E-state index contributed by atoms with van der Waals surface area (Å²) in [5.41, 5.74) is 0.484. The number of hydrogen-bond acceptors (Lipinski definition) is 1. The van der Waals surface area contributed by atoms with E-state index < -0.39 is 15.6 Å². The van der Waals surface area contributed by atoms with E-state index in [2.05, 4.69) is 137 Å². The lowest BCUT2D eigenvalue weighted by molar-refractivity contribution is -0.0000102. The van der Waals surface area contributed by atoms with Crippen molar-refractivity contribution in [3.63, 3.8) is 0 Å². The van der Waals surface area contributed by atoms with Crippen molar-refractivity contribution in [1.82, 2.24) is 0 Å². The molecule has 38 heavy (non-hydrogen) atoms. The summed E-state index contributed by atoms with van der Waals surface area (Å²) in [7, 11) is -3.77. The molecule has 0 spiro atoms. The van der Waals surface area contributed by atoms with Gasteiger partial charge in [-0.1, -0.05) is 87.4 Å². The van der Waals surface area contributed by atoms with Gasteiger partial charge in [-0.05, 0) is 81.7 Å². The van der Waals surface area contributed by atoms with Crippen LogP contribution in [-0.4, -0.2) is 20.1 Å². The van der Waals surface area contributed by atoms with E-state index in [1.807, 2.05) is 0 Å². The van der Waals surface area contributed by atoms with Crippen molar-refractivity contribution in [3.05, 3.63) is 104 Å². The molecule has 0 saturated heterocycles. The van der Waals surface area contributed by atoms with Crippen molar-refractivity contribution in [2.24, 2.45) is 5.92 Å². The van der Waals surface area contributed by atoms with Crippen LogP contribution in [-0.2, 0) is 4.43 Å². The van der Waals surface area contributed by atoms with Crippen LogP contribution in [0.4, 0.5) is 0 Å². The normalized spacial score (nSPS) is 14.2. The first-order valence-corrected chi connectivity index (χ1v) is 19.5. The zero-order valence-electron chi connectivity index (χ0n) is 24.2. The standard InChI is InChI=1S/C34H48OPSi.HI/c1-7-10-14-28-34(32(9-3)33(21-8-2)35-37(4,5)6)36(29-22-15-11-16-23-29,30-24-17-12-18-25-30)31-26-19-13-20-27-31;/h8,11-13,15-20,22-27,32-34H,2,7,9-10,14,21,28H2,1,3-6H3;1H/q+1;/p-1. The van der Waals surface area contributed by atoms with E-state index in [-0.39, 0.29) is 30.1 Å². The van der Waals surface area contributed by atoms with E-state index >= 15 is 0 Å². The van der Waals surface area contributed by atoms with E-state index in [1.54, 1.807) is 0 Å². The van der Waals surface area contributed by atoms with Crippen molar-refractivity contribution in [3.8, 4) is 0 Å². The summed E-state index contributed by atoms with van der Waals surface area (Å²) >= 11 is 0. The van der Waals surface area contributed by atoms with Crippen LogP contribution in [0, 0.1) is 5.92 Å². The Hall–Kier alpha value is -1.26. The third kappa shape index (κ3) is 8.13. The van der Waals surface area contributed by atoms with Gasteiger partial charge in [0.1, 0.15) is 23.2 Å². The molecule has 0 amide bonds. The van der Waals surface area contributed by atoms with Crippen molar-refractivity contribution in [2.75, 3.05) is 0 Å². The van der Waals surface area contributed by atoms with Crippen LogP contribution in [0.3, 0.4) is 0 Å². The van der Waals surface area contributed by atoms with Gasteiger partial charge in [0.2, 0.25) is 0 Å². The van der Waals surface area contributed by atoms with Gasteiger partial charge in [-0.15, -0.1) is 6.58 Å². The highest BCUT2D eigenvalue weighted by Gasteiger charge is 2.55. The maximum absolute atomic E-state index is 7.01. The van der Waals surface area contributed by atoms with Gasteiger partial charge in [0, 0.05) is 5.92 Å². The molecular weight excluding hydrogens is 610 g/mol. The Morgan fingerprint density at radius 3 is 1.55 bits per heavy atom. The van der Waals surface area contributed by atoms with Gasteiger partial charge in [-0.2, -0.15) is 0 Å². The zero-order valence-corrected chi connectivity index (χ0v) is 28.2. The Bertz CT molecular complexity index is 955. The minimum Gasteiger partial charge on any atom is -1.00 e. The average molecular weight is 659 g/mol. The number of rotatable bonds is 15. The molecule has 0 bridgehead atoms. The lowest BCUT2D eigenvalue weighted by Gasteiger charge is -2.42. The quantitative estimate of drug-likeness (QED) is 0.0665. The molecule has 4 heteroatoms. The Morgan fingerprint density at radius 1 is 0.763 bits per heavy atom. The van der Waals surface area contributed by atoms with Gasteiger partial charge in [-0.3, -0.25) is 0 Å². The highest BCUT2D eigenvalue weighted by Crippen LogP contribution is 2.64. The van der Waals surface area contributed by atoms with Crippen molar-refractivity contribution >= 4 is 31.5 Å². The summed E-state index contributed by atoms with van der Waals surface area (Å²) in [5.74, 6) is 0.440. The topological polar surface area (TPSA) is 9.23 Å². The number of benzene rings is 3. The molecule has 0 radical (unpaired) electrons. The average Bonchev–Trinajstić information content (AvgIpc) is 2.90. The van der Waals surface area contributed by atoms with Gasteiger partial charge in [0.15, 0.2) is 8.32 Å². The van der Waals surface area contributed by atoms with Crippen LogP contribution in [0.1, 0.15) is 52.4 Å². The molecule has 1 nitrogen and oxygen atoms in total. The van der Waals surface area contributed by atoms with Gasteiger partial charge in [0.25, 0.3) is 0 Å². The van der Waals surface area contributed by atoms with Crippen LogP contribution in [0.25, 0.3) is 0 Å². The first kappa shape index (κ1) is 32.9. The summed E-state index contributed by atoms with van der Waals surface area (Å²) in [6.45, 7) is 15.9. The molecule has 0 fully saturated rings. The van der Waals surface area contributed by atoms with Gasteiger partial charge in [-0.25, -0.2) is 0 Å². The lowest BCUT2D eigenvalue weighted by atomic mass is 9.90. The third-order valence-corrected chi connectivity index (χ3v) is 13.4. The molecular formula is C34H48IOPSi. The minimum absolute atomic E-state index is 0. The number of unbranched alkanes of at least 4 members (excludes halogenated alkanes) is 2. The molecule has 0 saturated carbocycles. The smallest absolute Gasteiger partial charge is 0.184 e. The van der Waals surface area contributed by atoms with Crippen LogP contribution in [0.15, 0.2) is 104 Å². The van der Waals surface area contributed by atoms with Crippen molar-refractivity contribution < 1.29 is 28.4 Å². The fourth-order valence-electron chi connectivity index (χ4n) is 6.02. The second-order valence-electron chi connectivity index (χ2n) is 11.2. The summed E-state index contributed by atoms with van der Waals surface area (Å²) in [6.07, 6.45) is 9.26. The van der Waals surface area contributed by atoms with Gasteiger partial charge < -0.3 is 28.4 Å². The summed E-state index contributed by atoms with van der Waals surface area (Å²) in [4.78, 5) is 0. The Kier molecular flexibility index (Phi) is 14.0. The van der Waals surface area contributed by atoms with Crippen molar-refractivity contribution in [2.45, 2.75) is 83.8 Å². The van der Waals surface area contributed by atoms with E-state index in [0.717, 1.165) is 12.8 Å². The summed E-state index contributed by atoms with van der Waals surface area (Å²) in [5, 5.41) is 4.45. The van der Waals surface area contributed by atoms with E-state index in [0.29, 0.717) is 11.6 Å². The second-order valence-corrected chi connectivity index (χ2v) is 19.3. The summed E-state index contributed by atoms with van der Waals surface area (Å²) < 4.78 is 7.01. The van der Waals surface area contributed by atoms with Gasteiger partial charge in [0.05, 0.1) is 11.8 Å². The zero-order chi connectivity index (χ0) is 26.7. The fourth-order valence-corrected chi connectivity index (χ4v) is 12.7.